The van der Waals surface area contributed by atoms with Crippen LogP contribution in [0.15, 0.2) is 33.2 Å². The van der Waals surface area contributed by atoms with Crippen LogP contribution in [0.25, 0.3) is 10.8 Å². The second-order valence-corrected chi connectivity index (χ2v) is 8.86. The average molecular weight is 531 g/mol. The topological polar surface area (TPSA) is 83.2 Å². The highest BCUT2D eigenvalue weighted by Gasteiger charge is 2.36. The summed E-state index contributed by atoms with van der Waals surface area (Å²) in [6, 6.07) is 4.15. The molecule has 10 heteroatoms. The molecule has 158 valence electrons. The highest BCUT2D eigenvalue weighted by molar-refractivity contribution is 14.0. The van der Waals surface area contributed by atoms with Crippen LogP contribution in [-0.2, 0) is 11.3 Å². The van der Waals surface area contributed by atoms with Crippen LogP contribution in [0.2, 0.25) is 0 Å². The van der Waals surface area contributed by atoms with E-state index in [-0.39, 0.29) is 36.1 Å². The van der Waals surface area contributed by atoms with E-state index < -0.39 is 5.60 Å². The first-order chi connectivity index (χ1) is 13.4. The van der Waals surface area contributed by atoms with Crippen LogP contribution in [0.5, 0.6) is 0 Å². The Morgan fingerprint density at radius 3 is 2.97 bits per heavy atom. The highest BCUT2D eigenvalue weighted by Crippen LogP contribution is 2.24. The molecule has 4 heterocycles. The number of hydrogen-bond acceptors (Lipinski definition) is 8. The minimum Gasteiger partial charge on any atom is -0.444 e. The van der Waals surface area contributed by atoms with Crippen molar-refractivity contribution in [2.24, 2.45) is 4.99 Å². The lowest BCUT2D eigenvalue weighted by Gasteiger charge is -2.39. The van der Waals surface area contributed by atoms with E-state index in [4.69, 9.17) is 9.15 Å². The van der Waals surface area contributed by atoms with Gasteiger partial charge in [0.2, 0.25) is 5.89 Å². The van der Waals surface area contributed by atoms with Crippen molar-refractivity contribution in [3.8, 4) is 10.8 Å². The van der Waals surface area contributed by atoms with Crippen molar-refractivity contribution in [1.29, 1.82) is 0 Å². The van der Waals surface area contributed by atoms with Gasteiger partial charge in [-0.2, -0.15) is 0 Å². The van der Waals surface area contributed by atoms with Crippen molar-refractivity contribution in [2.45, 2.75) is 39.0 Å². The molecule has 1 atom stereocenters. The van der Waals surface area contributed by atoms with E-state index >= 15 is 0 Å². The first-order valence-electron chi connectivity index (χ1n) is 9.40. The lowest BCUT2D eigenvalue weighted by molar-refractivity contribution is 0.0137. The fourth-order valence-electron chi connectivity index (χ4n) is 3.29. The van der Waals surface area contributed by atoms with E-state index in [0.29, 0.717) is 32.1 Å². The summed E-state index contributed by atoms with van der Waals surface area (Å²) in [4.78, 5) is 26.5. The van der Waals surface area contributed by atoms with Crippen LogP contribution in [0.1, 0.15) is 26.5 Å². The Morgan fingerprint density at radius 2 is 2.24 bits per heavy atom. The third kappa shape index (κ3) is 5.21. The lowest BCUT2D eigenvalue weighted by atomic mass is 10.2. The second-order valence-electron chi connectivity index (χ2n) is 7.91. The number of ether oxygens (including phenoxy) is 1. The molecule has 0 bridgehead atoms. The zero-order valence-electron chi connectivity index (χ0n) is 16.8. The predicted molar refractivity (Wildman–Crippen MR) is 123 cm³/mol. The maximum Gasteiger partial charge on any atom is 0.410 e. The molecule has 1 N–H and O–H groups in total. The van der Waals surface area contributed by atoms with E-state index in [9.17, 15) is 4.79 Å². The Morgan fingerprint density at radius 1 is 1.41 bits per heavy atom. The molecule has 2 aliphatic heterocycles. The van der Waals surface area contributed by atoms with Gasteiger partial charge in [0, 0.05) is 19.6 Å². The van der Waals surface area contributed by atoms with Crippen molar-refractivity contribution < 1.29 is 13.9 Å². The number of hydrogen-bond donors (Lipinski definition) is 1. The van der Waals surface area contributed by atoms with E-state index in [1.807, 2.05) is 38.3 Å². The van der Waals surface area contributed by atoms with Crippen LogP contribution in [0, 0.1) is 0 Å². The molecule has 0 saturated carbocycles. The van der Waals surface area contributed by atoms with Crippen LogP contribution in [0.4, 0.5) is 4.79 Å². The second kappa shape index (κ2) is 8.90. The smallest absolute Gasteiger partial charge is 0.410 e. The quantitative estimate of drug-likeness (QED) is 0.612. The van der Waals surface area contributed by atoms with Crippen molar-refractivity contribution in [2.75, 3.05) is 26.2 Å². The van der Waals surface area contributed by atoms with Gasteiger partial charge in [0.05, 0.1) is 29.7 Å². The molecule has 2 aromatic heterocycles. The Bertz CT molecular complexity index is 862. The Hall–Kier alpha value is -1.82. The van der Waals surface area contributed by atoms with Crippen molar-refractivity contribution in [3.63, 3.8) is 0 Å². The third-order valence-corrected chi connectivity index (χ3v) is 5.43. The summed E-state index contributed by atoms with van der Waals surface area (Å²) < 4.78 is 11.0. The van der Waals surface area contributed by atoms with Gasteiger partial charge in [-0.3, -0.25) is 4.99 Å². The molecular formula is C19H26IN5O3S. The summed E-state index contributed by atoms with van der Waals surface area (Å²) in [6.45, 7) is 8.85. The standard InChI is InChI=1S/C19H25N5O3S.HI/c1-19(2,3)27-18(25)23-6-7-24-14(11-23)10-21-17(24)20-9-13-12-26-16(22-13)15-5-4-8-28-15;/h4-5,8,12,14H,6-7,9-11H2,1-3H3,(H,20,21);1H. The number of amides is 1. The van der Waals surface area contributed by atoms with Gasteiger partial charge in [0.15, 0.2) is 5.96 Å². The summed E-state index contributed by atoms with van der Waals surface area (Å²) in [5.41, 5.74) is 0.356. The van der Waals surface area contributed by atoms with Crippen LogP contribution < -0.4 is 5.32 Å². The zero-order chi connectivity index (χ0) is 19.7. The number of nitrogens with one attached hydrogen (secondary N) is 1. The highest BCUT2D eigenvalue weighted by atomic mass is 127. The molecule has 0 aliphatic carbocycles. The maximum absolute atomic E-state index is 12.3. The van der Waals surface area contributed by atoms with Gasteiger partial charge in [-0.1, -0.05) is 6.07 Å². The molecule has 0 radical (unpaired) electrons. The molecule has 1 amide bonds. The molecule has 1 fully saturated rings. The van der Waals surface area contributed by atoms with Gasteiger partial charge in [-0.05, 0) is 32.2 Å². The van der Waals surface area contributed by atoms with Gasteiger partial charge in [-0.25, -0.2) is 9.78 Å². The van der Waals surface area contributed by atoms with Crippen LogP contribution >= 0.6 is 35.3 Å². The van der Waals surface area contributed by atoms with Gasteiger partial charge in [0.1, 0.15) is 11.9 Å². The normalized spacial score (nSPS) is 18.7. The summed E-state index contributed by atoms with van der Waals surface area (Å²) in [7, 11) is 0. The Labute approximate surface area is 191 Å². The number of aliphatic imine (C=N–C) groups is 1. The molecule has 1 unspecified atom stereocenters. The first kappa shape index (κ1) is 21.9. The molecule has 2 aromatic rings. The number of carbonyl (C=O) groups excluding carboxylic acids is 1. The number of nitrogens with zero attached hydrogens (tertiary/aromatic N) is 4. The Balaban J connectivity index is 0.00000240. The molecule has 0 spiro atoms. The zero-order valence-corrected chi connectivity index (χ0v) is 19.9. The number of guanidine groups is 1. The summed E-state index contributed by atoms with van der Waals surface area (Å²) >= 11 is 1.60. The van der Waals surface area contributed by atoms with Gasteiger partial charge in [0.25, 0.3) is 0 Å². The molecule has 1 saturated heterocycles. The number of piperazine rings is 1. The molecule has 2 aliphatic rings. The largest absolute Gasteiger partial charge is 0.444 e. The molecular weight excluding hydrogens is 505 g/mol. The predicted octanol–water partition coefficient (Wildman–Crippen LogP) is 3.40. The van der Waals surface area contributed by atoms with Gasteiger partial charge in [-0.15, -0.1) is 35.3 Å². The number of fused-ring (bicyclic) bond motifs is 1. The number of carbonyl (C=O) groups is 1. The summed E-state index contributed by atoms with van der Waals surface area (Å²) in [5.74, 6) is 1.50. The fraction of sp³-hybridized carbons (Fsp3) is 0.526. The average Bonchev–Trinajstić information content (AvgIpc) is 3.38. The number of rotatable bonds is 3. The summed E-state index contributed by atoms with van der Waals surface area (Å²) in [6.07, 6.45) is 1.42. The van der Waals surface area contributed by atoms with E-state index in [0.717, 1.165) is 23.1 Å². The number of aromatic nitrogens is 1. The van der Waals surface area contributed by atoms with Crippen LogP contribution in [-0.4, -0.2) is 64.7 Å². The Kier molecular flexibility index (Phi) is 6.72. The minimum atomic E-state index is -0.479. The SMILES string of the molecule is CC(C)(C)OC(=O)N1CCN2C(NCc3coc(-c4cccs4)n3)=NCC2C1.I. The summed E-state index contributed by atoms with van der Waals surface area (Å²) in [5, 5.41) is 5.36. The molecule has 4 rings (SSSR count). The number of halogens is 1. The first-order valence-corrected chi connectivity index (χ1v) is 10.3. The van der Waals surface area contributed by atoms with Gasteiger partial charge < -0.3 is 24.3 Å². The molecule has 0 aromatic carbocycles. The maximum atomic E-state index is 12.3. The molecule has 29 heavy (non-hydrogen) atoms. The van der Waals surface area contributed by atoms with E-state index in [2.05, 4.69) is 20.2 Å². The van der Waals surface area contributed by atoms with Crippen LogP contribution in [0.3, 0.4) is 0 Å². The minimum absolute atomic E-state index is 0. The van der Waals surface area contributed by atoms with E-state index in [1.165, 1.54) is 0 Å². The molecule has 8 nitrogen and oxygen atoms in total. The number of thiophene rings is 1. The van der Waals surface area contributed by atoms with Crippen molar-refractivity contribution >= 4 is 47.4 Å². The third-order valence-electron chi connectivity index (χ3n) is 4.57. The lowest BCUT2D eigenvalue weighted by Crippen LogP contribution is -2.57. The van der Waals surface area contributed by atoms with Crippen molar-refractivity contribution in [3.05, 3.63) is 29.5 Å². The fourth-order valence-corrected chi connectivity index (χ4v) is 3.95. The van der Waals surface area contributed by atoms with E-state index in [1.54, 1.807) is 22.5 Å². The number of oxazole rings is 1. The van der Waals surface area contributed by atoms with Gasteiger partial charge >= 0.3 is 6.09 Å². The monoisotopic (exact) mass is 531 g/mol. The van der Waals surface area contributed by atoms with Crippen molar-refractivity contribution in [1.82, 2.24) is 20.1 Å².